The van der Waals surface area contributed by atoms with Gasteiger partial charge in [0, 0.05) is 32.7 Å². The Balaban J connectivity index is 2.30. The maximum atomic E-state index is 12.2. The summed E-state index contributed by atoms with van der Waals surface area (Å²) >= 11 is 0. The van der Waals surface area contributed by atoms with Crippen LogP contribution in [0.1, 0.15) is 19.8 Å². The molecule has 0 aromatic heterocycles. The lowest BCUT2D eigenvalue weighted by Gasteiger charge is -2.22. The molecule has 1 aliphatic rings. The molecule has 0 aromatic rings. The van der Waals surface area contributed by atoms with Crippen LogP contribution in [0.2, 0.25) is 0 Å². The van der Waals surface area contributed by atoms with Crippen LogP contribution in [0.15, 0.2) is 0 Å². The highest BCUT2D eigenvalue weighted by Gasteiger charge is 2.34. The van der Waals surface area contributed by atoms with Crippen molar-refractivity contribution in [2.24, 2.45) is 0 Å². The minimum atomic E-state index is -4.20. The molecule has 0 aliphatic carbocycles. The van der Waals surface area contributed by atoms with Crippen molar-refractivity contribution in [2.45, 2.75) is 38.1 Å². The highest BCUT2D eigenvalue weighted by molar-refractivity contribution is 5.74. The normalized spacial score (nSPS) is 21.8. The Morgan fingerprint density at radius 2 is 2.20 bits per heavy atom. The first-order chi connectivity index (χ1) is 9.17. The van der Waals surface area contributed by atoms with Crippen LogP contribution in [-0.2, 0) is 0 Å². The van der Waals surface area contributed by atoms with E-state index in [0.29, 0.717) is 25.9 Å². The van der Waals surface area contributed by atoms with Crippen LogP contribution in [-0.4, -0.2) is 72.5 Å². The first kappa shape index (κ1) is 17.0. The molecular weight excluding hydrogens is 275 g/mol. The Morgan fingerprint density at radius 1 is 1.55 bits per heavy atom. The SMILES string of the molecule is CC(O)CCN(C)C(=O)NC1CCN(CC(F)(F)F)C1. The second kappa shape index (κ2) is 7.12. The fourth-order valence-electron chi connectivity index (χ4n) is 2.11. The summed E-state index contributed by atoms with van der Waals surface area (Å²) in [4.78, 5) is 14.5. The van der Waals surface area contributed by atoms with E-state index in [1.807, 2.05) is 0 Å². The van der Waals surface area contributed by atoms with Crippen molar-refractivity contribution in [2.75, 3.05) is 33.2 Å². The Hall–Kier alpha value is -1.02. The lowest BCUT2D eigenvalue weighted by molar-refractivity contribution is -0.143. The summed E-state index contributed by atoms with van der Waals surface area (Å²) in [5, 5.41) is 11.9. The molecule has 1 saturated heterocycles. The number of amides is 2. The predicted octanol–water partition coefficient (Wildman–Crippen LogP) is 1.04. The molecule has 0 saturated carbocycles. The van der Waals surface area contributed by atoms with Gasteiger partial charge in [-0.25, -0.2) is 4.79 Å². The summed E-state index contributed by atoms with van der Waals surface area (Å²) in [5.74, 6) is 0. The van der Waals surface area contributed by atoms with Gasteiger partial charge in [-0.2, -0.15) is 13.2 Å². The number of rotatable bonds is 5. The van der Waals surface area contributed by atoms with Crippen molar-refractivity contribution in [3.8, 4) is 0 Å². The number of aliphatic hydroxyl groups excluding tert-OH is 1. The first-order valence-corrected chi connectivity index (χ1v) is 6.66. The van der Waals surface area contributed by atoms with E-state index in [2.05, 4.69) is 5.32 Å². The Labute approximate surface area is 116 Å². The minimum Gasteiger partial charge on any atom is -0.393 e. The van der Waals surface area contributed by atoms with Gasteiger partial charge in [0.2, 0.25) is 0 Å². The van der Waals surface area contributed by atoms with Gasteiger partial charge in [-0.3, -0.25) is 4.90 Å². The van der Waals surface area contributed by atoms with Crippen molar-refractivity contribution in [1.29, 1.82) is 0 Å². The molecule has 1 rings (SSSR count). The lowest BCUT2D eigenvalue weighted by atomic mass is 10.2. The summed E-state index contributed by atoms with van der Waals surface area (Å²) in [6.07, 6.45) is -3.70. The fraction of sp³-hybridized carbons (Fsp3) is 0.917. The van der Waals surface area contributed by atoms with Gasteiger partial charge in [-0.05, 0) is 19.8 Å². The topological polar surface area (TPSA) is 55.8 Å². The number of carbonyl (C=O) groups excluding carboxylic acids is 1. The predicted molar refractivity (Wildman–Crippen MR) is 68.4 cm³/mol. The number of likely N-dealkylation sites (tertiary alicyclic amines) is 1. The van der Waals surface area contributed by atoms with Crippen LogP contribution < -0.4 is 5.32 Å². The van der Waals surface area contributed by atoms with Crippen LogP contribution >= 0.6 is 0 Å². The van der Waals surface area contributed by atoms with Crippen molar-refractivity contribution < 1.29 is 23.1 Å². The van der Waals surface area contributed by atoms with E-state index in [1.165, 1.54) is 9.80 Å². The zero-order chi connectivity index (χ0) is 15.3. The van der Waals surface area contributed by atoms with Crippen LogP contribution in [0.3, 0.4) is 0 Å². The third-order valence-corrected chi connectivity index (χ3v) is 3.23. The largest absolute Gasteiger partial charge is 0.401 e. The molecule has 1 heterocycles. The van der Waals surface area contributed by atoms with Gasteiger partial charge in [0.1, 0.15) is 0 Å². The van der Waals surface area contributed by atoms with Gasteiger partial charge >= 0.3 is 12.2 Å². The van der Waals surface area contributed by atoms with E-state index >= 15 is 0 Å². The number of nitrogens with one attached hydrogen (secondary N) is 1. The molecule has 5 nitrogen and oxygen atoms in total. The molecule has 2 unspecified atom stereocenters. The Bertz CT molecular complexity index is 324. The monoisotopic (exact) mass is 297 g/mol. The molecule has 1 fully saturated rings. The Morgan fingerprint density at radius 3 is 2.75 bits per heavy atom. The van der Waals surface area contributed by atoms with Gasteiger partial charge < -0.3 is 15.3 Å². The van der Waals surface area contributed by atoms with Gasteiger partial charge in [-0.1, -0.05) is 0 Å². The Kier molecular flexibility index (Phi) is 6.07. The number of hydrogen-bond donors (Lipinski definition) is 2. The number of carbonyl (C=O) groups is 1. The second-order valence-corrected chi connectivity index (χ2v) is 5.34. The first-order valence-electron chi connectivity index (χ1n) is 6.66. The number of aliphatic hydroxyl groups is 1. The molecule has 2 amide bonds. The minimum absolute atomic E-state index is 0.218. The third kappa shape index (κ3) is 6.42. The molecule has 0 spiro atoms. The molecule has 0 bridgehead atoms. The maximum Gasteiger partial charge on any atom is 0.401 e. The van der Waals surface area contributed by atoms with Crippen LogP contribution in [0, 0.1) is 0 Å². The smallest absolute Gasteiger partial charge is 0.393 e. The van der Waals surface area contributed by atoms with Crippen LogP contribution in [0.4, 0.5) is 18.0 Å². The number of halogens is 3. The zero-order valence-corrected chi connectivity index (χ0v) is 11.8. The molecule has 118 valence electrons. The lowest BCUT2D eigenvalue weighted by Crippen LogP contribution is -2.45. The molecule has 0 radical (unpaired) electrons. The highest BCUT2D eigenvalue weighted by atomic mass is 19.4. The summed E-state index contributed by atoms with van der Waals surface area (Å²) in [7, 11) is 1.60. The van der Waals surface area contributed by atoms with Crippen molar-refractivity contribution >= 4 is 6.03 Å². The van der Waals surface area contributed by atoms with Crippen molar-refractivity contribution in [1.82, 2.24) is 15.1 Å². The summed E-state index contributed by atoms with van der Waals surface area (Å²) in [6.45, 7) is 1.66. The van der Waals surface area contributed by atoms with Crippen molar-refractivity contribution in [3.05, 3.63) is 0 Å². The van der Waals surface area contributed by atoms with Crippen LogP contribution in [0.25, 0.3) is 0 Å². The molecule has 1 aliphatic heterocycles. The molecule has 0 aromatic carbocycles. The summed E-state index contributed by atoms with van der Waals surface area (Å²) < 4.78 is 36.7. The fourth-order valence-corrected chi connectivity index (χ4v) is 2.11. The maximum absolute atomic E-state index is 12.2. The highest BCUT2D eigenvalue weighted by Crippen LogP contribution is 2.19. The summed E-state index contributed by atoms with van der Waals surface area (Å²) in [5.41, 5.74) is 0. The molecule has 20 heavy (non-hydrogen) atoms. The number of hydrogen-bond acceptors (Lipinski definition) is 3. The standard InChI is InChI=1S/C12H22F3N3O2/c1-9(19)3-5-17(2)11(20)16-10-4-6-18(7-10)8-12(13,14)15/h9-10,19H,3-8H2,1-2H3,(H,16,20). The molecule has 2 atom stereocenters. The number of alkyl halides is 3. The van der Waals surface area contributed by atoms with E-state index in [0.717, 1.165) is 0 Å². The van der Waals surface area contributed by atoms with E-state index in [1.54, 1.807) is 14.0 Å². The quantitative estimate of drug-likeness (QED) is 0.797. The number of urea groups is 1. The van der Waals surface area contributed by atoms with Gasteiger partial charge in [0.25, 0.3) is 0 Å². The average molecular weight is 297 g/mol. The second-order valence-electron chi connectivity index (χ2n) is 5.34. The molecule has 2 N–H and O–H groups in total. The van der Waals surface area contributed by atoms with E-state index < -0.39 is 18.8 Å². The molecular formula is C12H22F3N3O2. The molecule has 8 heteroatoms. The third-order valence-electron chi connectivity index (χ3n) is 3.23. The van der Waals surface area contributed by atoms with Gasteiger partial charge in [0.05, 0.1) is 12.6 Å². The van der Waals surface area contributed by atoms with Crippen molar-refractivity contribution in [3.63, 3.8) is 0 Å². The van der Waals surface area contributed by atoms with Gasteiger partial charge in [0.15, 0.2) is 0 Å². The van der Waals surface area contributed by atoms with Crippen LogP contribution in [0.5, 0.6) is 0 Å². The number of nitrogens with zero attached hydrogens (tertiary/aromatic N) is 2. The summed E-state index contributed by atoms with van der Waals surface area (Å²) in [6, 6.07) is -0.566. The zero-order valence-electron chi connectivity index (χ0n) is 11.8. The van der Waals surface area contributed by atoms with E-state index in [-0.39, 0.29) is 18.6 Å². The van der Waals surface area contributed by atoms with E-state index in [9.17, 15) is 18.0 Å². The average Bonchev–Trinajstić information content (AvgIpc) is 2.70. The van der Waals surface area contributed by atoms with Gasteiger partial charge in [-0.15, -0.1) is 0 Å². The van der Waals surface area contributed by atoms with E-state index in [4.69, 9.17) is 5.11 Å².